The first kappa shape index (κ1) is 23.6. The SMILES string of the molecule is COc1c(O)ccc(/C=N\Nc2nc(Nc3ccc(F)cc3)nc(N3CCOCC3)n2)c1[N+](=O)[O-]. The number of hydrogen-bond donors (Lipinski definition) is 3. The first-order chi connectivity index (χ1) is 16.9. The van der Waals surface area contributed by atoms with Gasteiger partial charge in [-0.25, -0.2) is 9.82 Å². The molecule has 3 aromatic rings. The number of nitrogens with zero attached hydrogens (tertiary/aromatic N) is 6. The molecule has 35 heavy (non-hydrogen) atoms. The van der Waals surface area contributed by atoms with Gasteiger partial charge in [-0.15, -0.1) is 0 Å². The van der Waals surface area contributed by atoms with Gasteiger partial charge in [-0.2, -0.15) is 20.1 Å². The van der Waals surface area contributed by atoms with E-state index in [4.69, 9.17) is 9.47 Å². The van der Waals surface area contributed by atoms with Gasteiger partial charge in [0, 0.05) is 18.8 Å². The van der Waals surface area contributed by atoms with Gasteiger partial charge in [0.1, 0.15) is 5.82 Å². The summed E-state index contributed by atoms with van der Waals surface area (Å²) in [7, 11) is 1.22. The average molecular weight is 484 g/mol. The molecule has 1 aliphatic rings. The molecule has 4 rings (SSSR count). The van der Waals surface area contributed by atoms with E-state index in [1.54, 1.807) is 0 Å². The fraction of sp³-hybridized carbons (Fsp3) is 0.238. The number of ether oxygens (including phenoxy) is 2. The van der Waals surface area contributed by atoms with Crippen LogP contribution in [-0.4, -0.2) is 64.6 Å². The highest BCUT2D eigenvalue weighted by Gasteiger charge is 2.23. The molecule has 0 atom stereocenters. The molecule has 0 bridgehead atoms. The Hall–Kier alpha value is -4.59. The van der Waals surface area contributed by atoms with Gasteiger partial charge in [-0.3, -0.25) is 10.1 Å². The van der Waals surface area contributed by atoms with Crippen molar-refractivity contribution in [2.45, 2.75) is 0 Å². The van der Waals surface area contributed by atoms with Gasteiger partial charge >= 0.3 is 5.69 Å². The number of halogens is 1. The van der Waals surface area contributed by atoms with Gasteiger partial charge in [-0.1, -0.05) is 0 Å². The maximum absolute atomic E-state index is 13.2. The Morgan fingerprint density at radius 1 is 1.17 bits per heavy atom. The summed E-state index contributed by atoms with van der Waals surface area (Å²) >= 11 is 0. The summed E-state index contributed by atoms with van der Waals surface area (Å²) in [5, 5.41) is 28.3. The fourth-order valence-electron chi connectivity index (χ4n) is 3.27. The van der Waals surface area contributed by atoms with E-state index in [0.717, 1.165) is 0 Å². The quantitative estimate of drug-likeness (QED) is 0.245. The number of hydrazone groups is 1. The molecule has 2 heterocycles. The summed E-state index contributed by atoms with van der Waals surface area (Å²) in [6, 6.07) is 8.27. The average Bonchev–Trinajstić information content (AvgIpc) is 2.86. The van der Waals surface area contributed by atoms with Gasteiger partial charge in [0.15, 0.2) is 5.75 Å². The van der Waals surface area contributed by atoms with Crippen LogP contribution in [0.3, 0.4) is 0 Å². The van der Waals surface area contributed by atoms with E-state index < -0.39 is 10.6 Å². The van der Waals surface area contributed by atoms with Crippen molar-refractivity contribution in [3.8, 4) is 11.5 Å². The maximum Gasteiger partial charge on any atom is 0.323 e. The summed E-state index contributed by atoms with van der Waals surface area (Å²) in [6.07, 6.45) is 1.19. The van der Waals surface area contributed by atoms with Gasteiger partial charge < -0.3 is 24.8 Å². The Kier molecular flexibility index (Phi) is 7.11. The van der Waals surface area contributed by atoms with E-state index in [9.17, 15) is 19.6 Å². The number of methoxy groups -OCH3 is 1. The van der Waals surface area contributed by atoms with Crippen LogP contribution in [0.2, 0.25) is 0 Å². The lowest BCUT2D eigenvalue weighted by molar-refractivity contribution is -0.385. The molecule has 0 radical (unpaired) electrons. The summed E-state index contributed by atoms with van der Waals surface area (Å²) in [5.41, 5.74) is 2.86. The van der Waals surface area contributed by atoms with Gasteiger partial charge in [-0.05, 0) is 36.4 Å². The highest BCUT2D eigenvalue weighted by Crippen LogP contribution is 2.38. The number of benzene rings is 2. The zero-order valence-electron chi connectivity index (χ0n) is 18.5. The highest BCUT2D eigenvalue weighted by molar-refractivity contribution is 5.88. The molecule has 0 amide bonds. The lowest BCUT2D eigenvalue weighted by Crippen LogP contribution is -2.37. The van der Waals surface area contributed by atoms with Crippen molar-refractivity contribution in [2.75, 3.05) is 49.1 Å². The second kappa shape index (κ2) is 10.6. The number of anilines is 4. The summed E-state index contributed by atoms with van der Waals surface area (Å²) in [4.78, 5) is 25.8. The predicted molar refractivity (Wildman–Crippen MR) is 125 cm³/mol. The maximum atomic E-state index is 13.2. The molecule has 0 unspecified atom stereocenters. The van der Waals surface area contributed by atoms with Crippen LogP contribution < -0.4 is 20.4 Å². The van der Waals surface area contributed by atoms with E-state index in [2.05, 4.69) is 30.8 Å². The van der Waals surface area contributed by atoms with E-state index >= 15 is 0 Å². The molecule has 0 aliphatic carbocycles. The standard InChI is InChI=1S/C21H21FN8O5/c1-34-18-16(31)7-2-13(17(18)30(32)33)12-23-28-20-25-19(24-15-5-3-14(22)4-6-15)26-21(27-20)29-8-10-35-11-9-29/h2-7,12,31H,8-11H2,1H3,(H2,24,25,26,27,28)/b23-12-. The van der Waals surface area contributed by atoms with Gasteiger partial charge in [0.2, 0.25) is 23.6 Å². The zero-order chi connectivity index (χ0) is 24.8. The zero-order valence-corrected chi connectivity index (χ0v) is 18.5. The minimum atomic E-state index is -0.676. The Morgan fingerprint density at radius 2 is 1.89 bits per heavy atom. The second-order valence-electron chi connectivity index (χ2n) is 7.20. The third kappa shape index (κ3) is 5.67. The van der Waals surface area contributed by atoms with Crippen LogP contribution >= 0.6 is 0 Å². The molecular weight excluding hydrogens is 463 g/mol. The van der Waals surface area contributed by atoms with Crippen molar-refractivity contribution in [1.29, 1.82) is 0 Å². The Bertz CT molecular complexity index is 1240. The third-order valence-electron chi connectivity index (χ3n) is 4.91. The topological polar surface area (TPSA) is 160 Å². The number of phenols is 1. The monoisotopic (exact) mass is 484 g/mol. The number of aromatic nitrogens is 3. The van der Waals surface area contributed by atoms with Crippen LogP contribution in [0.5, 0.6) is 11.5 Å². The van der Waals surface area contributed by atoms with Crippen molar-refractivity contribution < 1.29 is 23.9 Å². The molecule has 1 fully saturated rings. The number of morpholine rings is 1. The van der Waals surface area contributed by atoms with Crippen LogP contribution in [0.25, 0.3) is 0 Å². The molecule has 2 aromatic carbocycles. The molecule has 0 spiro atoms. The second-order valence-corrected chi connectivity index (χ2v) is 7.20. The van der Waals surface area contributed by atoms with Crippen LogP contribution in [0.1, 0.15) is 5.56 Å². The lowest BCUT2D eigenvalue weighted by Gasteiger charge is -2.27. The lowest BCUT2D eigenvalue weighted by atomic mass is 10.1. The van der Waals surface area contributed by atoms with Crippen molar-refractivity contribution in [2.24, 2.45) is 5.10 Å². The Labute approximate surface area is 198 Å². The number of nitro groups is 1. The van der Waals surface area contributed by atoms with Gasteiger partial charge in [0.05, 0.1) is 37.0 Å². The number of rotatable bonds is 8. The summed E-state index contributed by atoms with van der Waals surface area (Å²) in [5.74, 6) is -0.411. The molecular formula is C21H21FN8O5. The number of phenolic OH excluding ortho intramolecular Hbond substituents is 1. The van der Waals surface area contributed by atoms with Crippen molar-refractivity contribution in [1.82, 2.24) is 15.0 Å². The van der Waals surface area contributed by atoms with E-state index in [0.29, 0.717) is 37.9 Å². The normalized spacial score (nSPS) is 13.6. The van der Waals surface area contributed by atoms with Crippen molar-refractivity contribution in [3.05, 3.63) is 57.9 Å². The predicted octanol–water partition coefficient (Wildman–Crippen LogP) is 2.66. The number of hydrogen-bond acceptors (Lipinski definition) is 12. The van der Waals surface area contributed by atoms with Crippen LogP contribution in [0, 0.1) is 15.9 Å². The first-order valence-corrected chi connectivity index (χ1v) is 10.4. The molecule has 1 saturated heterocycles. The smallest absolute Gasteiger partial charge is 0.323 e. The molecule has 0 saturated carbocycles. The molecule has 14 heteroatoms. The summed E-state index contributed by atoms with van der Waals surface area (Å²) < 4.78 is 23.6. The van der Waals surface area contributed by atoms with E-state index in [1.165, 1.54) is 49.7 Å². The largest absolute Gasteiger partial charge is 0.504 e. The molecule has 13 nitrogen and oxygen atoms in total. The third-order valence-corrected chi connectivity index (χ3v) is 4.91. The fourth-order valence-corrected chi connectivity index (χ4v) is 3.27. The van der Waals surface area contributed by atoms with Crippen molar-refractivity contribution in [3.63, 3.8) is 0 Å². The molecule has 182 valence electrons. The minimum Gasteiger partial charge on any atom is -0.504 e. The van der Waals surface area contributed by atoms with E-state index in [1.807, 2.05) is 4.90 Å². The Morgan fingerprint density at radius 3 is 2.57 bits per heavy atom. The molecule has 1 aromatic heterocycles. The molecule has 1 aliphatic heterocycles. The number of aromatic hydroxyl groups is 1. The van der Waals surface area contributed by atoms with Crippen molar-refractivity contribution >= 4 is 35.4 Å². The van der Waals surface area contributed by atoms with Gasteiger partial charge in [0.25, 0.3) is 0 Å². The van der Waals surface area contributed by atoms with Crippen LogP contribution in [0.4, 0.5) is 33.6 Å². The number of nitrogens with one attached hydrogen (secondary N) is 2. The van der Waals surface area contributed by atoms with Crippen LogP contribution in [-0.2, 0) is 4.74 Å². The number of nitro benzene ring substituents is 1. The molecule has 3 N–H and O–H groups in total. The summed E-state index contributed by atoms with van der Waals surface area (Å²) in [6.45, 7) is 2.17. The van der Waals surface area contributed by atoms with E-state index in [-0.39, 0.29) is 34.8 Å². The Balaban J connectivity index is 1.61. The highest BCUT2D eigenvalue weighted by atomic mass is 19.1. The van der Waals surface area contributed by atoms with Crippen LogP contribution in [0.15, 0.2) is 41.5 Å². The first-order valence-electron chi connectivity index (χ1n) is 10.4. The minimum absolute atomic E-state index is 0.0655.